The molecule has 0 aromatic heterocycles. The van der Waals surface area contributed by atoms with Crippen molar-refractivity contribution in [1.29, 1.82) is 0 Å². The summed E-state index contributed by atoms with van der Waals surface area (Å²) in [5.41, 5.74) is 7.22. The molecular formula is C26H30N2O3S. The summed E-state index contributed by atoms with van der Waals surface area (Å²) in [6.07, 6.45) is 0. The standard InChI is InChI=1S/C26H30N2O3S/c1-16-7-10-23(11-8-16)32(30,31)28-25-12-9-22(14-20(25)5)26(29)27-21(6)24-15-18(3)17(2)13-19(24)4/h7-15,21,28H,1-6H3,(H,27,29)/t21-/m0/s1. The normalized spacial score (nSPS) is 12.3. The summed E-state index contributed by atoms with van der Waals surface area (Å²) < 4.78 is 28.0. The van der Waals surface area contributed by atoms with Crippen LogP contribution < -0.4 is 10.0 Å². The van der Waals surface area contributed by atoms with Crippen LogP contribution in [0.15, 0.2) is 59.5 Å². The molecular weight excluding hydrogens is 420 g/mol. The van der Waals surface area contributed by atoms with Crippen molar-refractivity contribution in [2.24, 2.45) is 0 Å². The highest BCUT2D eigenvalue weighted by molar-refractivity contribution is 7.92. The first-order valence-corrected chi connectivity index (χ1v) is 12.0. The fraction of sp³-hybridized carbons (Fsp3) is 0.269. The largest absolute Gasteiger partial charge is 0.346 e. The minimum absolute atomic E-state index is 0.151. The zero-order chi connectivity index (χ0) is 23.6. The van der Waals surface area contributed by atoms with E-state index in [0.717, 1.165) is 16.7 Å². The molecule has 0 aliphatic heterocycles. The zero-order valence-corrected chi connectivity index (χ0v) is 20.2. The van der Waals surface area contributed by atoms with E-state index >= 15 is 0 Å². The van der Waals surface area contributed by atoms with Gasteiger partial charge in [0.15, 0.2) is 0 Å². The summed E-state index contributed by atoms with van der Waals surface area (Å²) in [4.78, 5) is 13.0. The lowest BCUT2D eigenvalue weighted by atomic mass is 9.96. The van der Waals surface area contributed by atoms with Gasteiger partial charge in [0.25, 0.3) is 15.9 Å². The van der Waals surface area contributed by atoms with Gasteiger partial charge < -0.3 is 5.32 Å². The van der Waals surface area contributed by atoms with Crippen LogP contribution in [-0.2, 0) is 10.0 Å². The lowest BCUT2D eigenvalue weighted by molar-refractivity contribution is 0.0939. The van der Waals surface area contributed by atoms with Gasteiger partial charge in [-0.05, 0) is 99.7 Å². The summed E-state index contributed by atoms with van der Waals surface area (Å²) in [5.74, 6) is -0.203. The summed E-state index contributed by atoms with van der Waals surface area (Å²) in [7, 11) is -3.70. The molecule has 0 spiro atoms. The van der Waals surface area contributed by atoms with Gasteiger partial charge in [-0.15, -0.1) is 0 Å². The highest BCUT2D eigenvalue weighted by Gasteiger charge is 2.18. The number of rotatable bonds is 6. The van der Waals surface area contributed by atoms with Gasteiger partial charge in [0.05, 0.1) is 16.6 Å². The van der Waals surface area contributed by atoms with Crippen LogP contribution in [0.3, 0.4) is 0 Å². The number of aryl methyl sites for hydroxylation is 5. The molecule has 0 saturated heterocycles. The highest BCUT2D eigenvalue weighted by atomic mass is 32.2. The van der Waals surface area contributed by atoms with E-state index in [4.69, 9.17) is 0 Å². The van der Waals surface area contributed by atoms with E-state index in [1.54, 1.807) is 49.4 Å². The summed E-state index contributed by atoms with van der Waals surface area (Å²) in [5, 5.41) is 3.05. The Hall–Kier alpha value is -3.12. The molecule has 1 atom stereocenters. The second kappa shape index (κ2) is 9.17. The van der Waals surface area contributed by atoms with Crippen LogP contribution in [-0.4, -0.2) is 14.3 Å². The molecule has 0 radical (unpaired) electrons. The number of hydrogen-bond acceptors (Lipinski definition) is 3. The summed E-state index contributed by atoms with van der Waals surface area (Å²) >= 11 is 0. The Labute approximate surface area is 190 Å². The van der Waals surface area contributed by atoms with Crippen molar-refractivity contribution in [3.8, 4) is 0 Å². The van der Waals surface area contributed by atoms with E-state index in [0.29, 0.717) is 16.8 Å². The molecule has 3 aromatic rings. The number of anilines is 1. The number of nitrogens with one attached hydrogen (secondary N) is 2. The van der Waals surface area contributed by atoms with Crippen LogP contribution in [0, 0.1) is 34.6 Å². The van der Waals surface area contributed by atoms with Crippen LogP contribution in [0.25, 0.3) is 0 Å². The molecule has 3 rings (SSSR count). The van der Waals surface area contributed by atoms with Gasteiger partial charge in [-0.1, -0.05) is 29.8 Å². The lowest BCUT2D eigenvalue weighted by Gasteiger charge is -2.19. The quantitative estimate of drug-likeness (QED) is 0.519. The average Bonchev–Trinajstić information content (AvgIpc) is 2.72. The zero-order valence-electron chi connectivity index (χ0n) is 19.4. The average molecular weight is 451 g/mol. The van der Waals surface area contributed by atoms with Crippen LogP contribution in [0.4, 0.5) is 5.69 Å². The van der Waals surface area contributed by atoms with Crippen LogP contribution in [0.2, 0.25) is 0 Å². The molecule has 1 amide bonds. The van der Waals surface area contributed by atoms with E-state index < -0.39 is 10.0 Å². The van der Waals surface area contributed by atoms with Crippen molar-refractivity contribution in [2.45, 2.75) is 52.5 Å². The molecule has 168 valence electrons. The second-order valence-corrected chi connectivity index (χ2v) is 10.1. The minimum Gasteiger partial charge on any atom is -0.346 e. The molecule has 5 nitrogen and oxygen atoms in total. The first kappa shape index (κ1) is 23.5. The lowest BCUT2D eigenvalue weighted by Crippen LogP contribution is -2.27. The van der Waals surface area contributed by atoms with Crippen molar-refractivity contribution >= 4 is 21.6 Å². The first-order chi connectivity index (χ1) is 15.0. The number of benzene rings is 3. The first-order valence-electron chi connectivity index (χ1n) is 10.6. The van der Waals surface area contributed by atoms with Crippen molar-refractivity contribution in [3.05, 3.63) is 93.5 Å². The predicted octanol–water partition coefficient (Wildman–Crippen LogP) is 5.52. The topological polar surface area (TPSA) is 75.3 Å². The molecule has 0 fully saturated rings. The van der Waals surface area contributed by atoms with Crippen LogP contribution in [0.1, 0.15) is 56.7 Å². The molecule has 0 aliphatic rings. The van der Waals surface area contributed by atoms with E-state index in [1.807, 2.05) is 20.8 Å². The van der Waals surface area contributed by atoms with E-state index in [-0.39, 0.29) is 16.8 Å². The highest BCUT2D eigenvalue weighted by Crippen LogP contribution is 2.24. The molecule has 32 heavy (non-hydrogen) atoms. The van der Waals surface area contributed by atoms with Gasteiger partial charge in [-0.25, -0.2) is 8.42 Å². The molecule has 0 unspecified atom stereocenters. The van der Waals surface area contributed by atoms with Crippen molar-refractivity contribution in [2.75, 3.05) is 4.72 Å². The van der Waals surface area contributed by atoms with Crippen LogP contribution in [0.5, 0.6) is 0 Å². The smallest absolute Gasteiger partial charge is 0.261 e. The maximum absolute atomic E-state index is 12.8. The Kier molecular flexibility index (Phi) is 6.74. The van der Waals surface area contributed by atoms with Gasteiger partial charge in [0.1, 0.15) is 0 Å². The third-order valence-electron chi connectivity index (χ3n) is 5.76. The van der Waals surface area contributed by atoms with Crippen molar-refractivity contribution < 1.29 is 13.2 Å². The Balaban J connectivity index is 1.76. The number of hydrogen-bond donors (Lipinski definition) is 2. The molecule has 3 aromatic carbocycles. The summed E-state index contributed by atoms with van der Waals surface area (Å²) in [6.45, 7) is 11.8. The Bertz CT molecular complexity index is 1260. The number of carbonyl (C=O) groups excluding carboxylic acids is 1. The number of sulfonamides is 1. The number of amides is 1. The Morgan fingerprint density at radius 2 is 1.41 bits per heavy atom. The fourth-order valence-corrected chi connectivity index (χ4v) is 4.78. The van der Waals surface area contributed by atoms with Crippen molar-refractivity contribution in [1.82, 2.24) is 5.32 Å². The molecule has 0 bridgehead atoms. The van der Waals surface area contributed by atoms with Gasteiger partial charge in [0, 0.05) is 5.56 Å². The minimum atomic E-state index is -3.70. The van der Waals surface area contributed by atoms with Gasteiger partial charge >= 0.3 is 0 Å². The van der Waals surface area contributed by atoms with E-state index in [9.17, 15) is 13.2 Å². The maximum Gasteiger partial charge on any atom is 0.261 e. The fourth-order valence-electron chi connectivity index (χ4n) is 3.65. The third-order valence-corrected chi connectivity index (χ3v) is 7.14. The third kappa shape index (κ3) is 5.19. The van der Waals surface area contributed by atoms with Gasteiger partial charge in [0.2, 0.25) is 0 Å². The Morgan fingerprint density at radius 3 is 2.03 bits per heavy atom. The number of carbonyl (C=O) groups is 1. The second-order valence-electron chi connectivity index (χ2n) is 8.44. The van der Waals surface area contributed by atoms with Gasteiger partial charge in [-0.2, -0.15) is 0 Å². The molecule has 0 heterocycles. The SMILES string of the molecule is Cc1ccc(S(=O)(=O)Nc2ccc(C(=O)N[C@@H](C)c3cc(C)c(C)cc3C)cc2C)cc1. The molecule has 6 heteroatoms. The molecule has 0 saturated carbocycles. The van der Waals surface area contributed by atoms with Crippen molar-refractivity contribution in [3.63, 3.8) is 0 Å². The van der Waals surface area contributed by atoms with E-state index in [1.165, 1.54) is 11.1 Å². The monoisotopic (exact) mass is 450 g/mol. The maximum atomic E-state index is 12.8. The Morgan fingerprint density at radius 1 is 0.781 bits per heavy atom. The molecule has 2 N–H and O–H groups in total. The summed E-state index contributed by atoms with van der Waals surface area (Å²) in [6, 6.07) is 15.7. The van der Waals surface area contributed by atoms with Crippen LogP contribution >= 0.6 is 0 Å². The molecule has 0 aliphatic carbocycles. The predicted molar refractivity (Wildman–Crippen MR) is 130 cm³/mol. The van der Waals surface area contributed by atoms with Gasteiger partial charge in [-0.3, -0.25) is 9.52 Å². The van der Waals surface area contributed by atoms with E-state index in [2.05, 4.69) is 36.0 Å².